The third-order valence-electron chi connectivity index (χ3n) is 2.47. The van der Waals surface area contributed by atoms with Gasteiger partial charge in [-0.05, 0) is 50.2 Å². The highest BCUT2D eigenvalue weighted by Gasteiger charge is 2.16. The Hall–Kier alpha value is 0.390. The zero-order chi connectivity index (χ0) is 7.40. The van der Waals surface area contributed by atoms with Gasteiger partial charge >= 0.3 is 0 Å². The lowest BCUT2D eigenvalue weighted by atomic mass is 9.87. The standard InChI is InChI=1S/C8H18NP/c9-6-5-7-1-3-8(10)4-2-7/h7-8H,1-6,9-10H2. The first kappa shape index (κ1) is 8.49. The fourth-order valence-corrected chi connectivity index (χ4v) is 2.10. The summed E-state index contributed by atoms with van der Waals surface area (Å²) in [6, 6.07) is 0. The van der Waals surface area contributed by atoms with E-state index in [0.29, 0.717) is 0 Å². The Balaban J connectivity index is 2.13. The van der Waals surface area contributed by atoms with Crippen LogP contribution in [0.4, 0.5) is 0 Å². The fraction of sp³-hybridized carbons (Fsp3) is 1.00. The lowest BCUT2D eigenvalue weighted by Crippen LogP contribution is -2.16. The minimum atomic E-state index is 0.881. The highest BCUT2D eigenvalue weighted by molar-refractivity contribution is 7.17. The summed E-state index contributed by atoms with van der Waals surface area (Å²) in [5, 5.41) is 0. The van der Waals surface area contributed by atoms with E-state index in [2.05, 4.69) is 9.24 Å². The van der Waals surface area contributed by atoms with Gasteiger partial charge in [-0.25, -0.2) is 0 Å². The molecule has 1 atom stereocenters. The normalized spacial score (nSPS) is 34.2. The van der Waals surface area contributed by atoms with Crippen molar-refractivity contribution in [1.82, 2.24) is 0 Å². The van der Waals surface area contributed by atoms with Crippen molar-refractivity contribution in [3.05, 3.63) is 0 Å². The number of rotatable bonds is 2. The molecule has 1 rings (SSSR count). The average Bonchev–Trinajstić information content (AvgIpc) is 1.95. The number of nitrogens with two attached hydrogens (primary N) is 1. The quantitative estimate of drug-likeness (QED) is 0.610. The Morgan fingerprint density at radius 1 is 1.20 bits per heavy atom. The van der Waals surface area contributed by atoms with Crippen LogP contribution in [-0.2, 0) is 0 Å². The van der Waals surface area contributed by atoms with Gasteiger partial charge in [0.1, 0.15) is 0 Å². The van der Waals surface area contributed by atoms with Crippen LogP contribution in [0.15, 0.2) is 0 Å². The molecule has 0 radical (unpaired) electrons. The number of hydrogen-bond donors (Lipinski definition) is 1. The van der Waals surface area contributed by atoms with E-state index in [1.807, 2.05) is 0 Å². The van der Waals surface area contributed by atoms with E-state index in [-0.39, 0.29) is 0 Å². The van der Waals surface area contributed by atoms with E-state index in [1.54, 1.807) is 0 Å². The molecule has 0 saturated heterocycles. The maximum Gasteiger partial charge on any atom is -0.00746 e. The molecule has 0 aromatic heterocycles. The third kappa shape index (κ3) is 2.56. The van der Waals surface area contributed by atoms with Crippen molar-refractivity contribution in [3.8, 4) is 0 Å². The van der Waals surface area contributed by atoms with Crippen LogP contribution in [0.3, 0.4) is 0 Å². The van der Waals surface area contributed by atoms with Crippen LogP contribution in [0.25, 0.3) is 0 Å². The zero-order valence-corrected chi connectivity index (χ0v) is 7.71. The number of hydrogen-bond acceptors (Lipinski definition) is 1. The third-order valence-corrected chi connectivity index (χ3v) is 3.13. The van der Waals surface area contributed by atoms with Crippen molar-refractivity contribution in [2.24, 2.45) is 11.7 Å². The van der Waals surface area contributed by atoms with Gasteiger partial charge in [0, 0.05) is 0 Å². The summed E-state index contributed by atoms with van der Waals surface area (Å²) in [7, 11) is 2.93. The summed E-state index contributed by atoms with van der Waals surface area (Å²) in [5.41, 5.74) is 6.39. The summed E-state index contributed by atoms with van der Waals surface area (Å²) >= 11 is 0. The molecule has 2 heteroatoms. The molecule has 10 heavy (non-hydrogen) atoms. The molecule has 0 aromatic rings. The fourth-order valence-electron chi connectivity index (χ4n) is 1.71. The van der Waals surface area contributed by atoms with Gasteiger partial charge in [-0.15, -0.1) is 9.24 Å². The average molecular weight is 159 g/mol. The second-order valence-corrected chi connectivity index (χ2v) is 4.30. The summed E-state index contributed by atoms with van der Waals surface area (Å²) in [4.78, 5) is 0. The van der Waals surface area contributed by atoms with Crippen molar-refractivity contribution in [2.45, 2.75) is 37.8 Å². The molecule has 1 unspecified atom stereocenters. The highest BCUT2D eigenvalue weighted by atomic mass is 31.0. The predicted molar refractivity (Wildman–Crippen MR) is 49.1 cm³/mol. The molecule has 1 aliphatic carbocycles. The van der Waals surface area contributed by atoms with Crippen LogP contribution in [0, 0.1) is 5.92 Å². The Bertz CT molecular complexity index is 87.3. The molecule has 0 heterocycles. The van der Waals surface area contributed by atoms with Crippen LogP contribution in [0.2, 0.25) is 0 Å². The highest BCUT2D eigenvalue weighted by Crippen LogP contribution is 2.30. The minimum absolute atomic E-state index is 0.881. The first-order valence-corrected chi connectivity index (χ1v) is 4.95. The topological polar surface area (TPSA) is 26.0 Å². The first-order valence-electron chi connectivity index (χ1n) is 4.28. The maximum absolute atomic E-state index is 5.49. The Morgan fingerprint density at radius 3 is 2.30 bits per heavy atom. The van der Waals surface area contributed by atoms with E-state index in [4.69, 9.17) is 5.73 Å². The SMILES string of the molecule is NCCC1CCC(P)CC1. The van der Waals surface area contributed by atoms with E-state index in [1.165, 1.54) is 32.1 Å². The van der Waals surface area contributed by atoms with Gasteiger partial charge in [0.25, 0.3) is 0 Å². The summed E-state index contributed by atoms with van der Waals surface area (Å²) in [6.07, 6.45) is 6.86. The molecule has 0 aromatic carbocycles. The largest absolute Gasteiger partial charge is 0.330 e. The van der Waals surface area contributed by atoms with Gasteiger partial charge in [0.15, 0.2) is 0 Å². The molecular formula is C8H18NP. The molecular weight excluding hydrogens is 141 g/mol. The van der Waals surface area contributed by atoms with Crippen LogP contribution in [0.1, 0.15) is 32.1 Å². The van der Waals surface area contributed by atoms with E-state index in [0.717, 1.165) is 18.1 Å². The summed E-state index contributed by atoms with van der Waals surface area (Å²) in [6.45, 7) is 0.881. The molecule has 1 saturated carbocycles. The van der Waals surface area contributed by atoms with Crippen LogP contribution in [-0.4, -0.2) is 12.2 Å². The van der Waals surface area contributed by atoms with Crippen molar-refractivity contribution in [1.29, 1.82) is 0 Å². The Labute approximate surface area is 66.0 Å². The zero-order valence-electron chi connectivity index (χ0n) is 6.55. The van der Waals surface area contributed by atoms with Crippen molar-refractivity contribution in [2.75, 3.05) is 6.54 Å². The Kier molecular flexibility index (Phi) is 3.65. The van der Waals surface area contributed by atoms with Gasteiger partial charge in [-0.3, -0.25) is 0 Å². The summed E-state index contributed by atoms with van der Waals surface area (Å²) < 4.78 is 0. The van der Waals surface area contributed by atoms with E-state index >= 15 is 0 Å². The van der Waals surface area contributed by atoms with Crippen LogP contribution < -0.4 is 5.73 Å². The van der Waals surface area contributed by atoms with Crippen molar-refractivity contribution >= 4 is 9.24 Å². The lowest BCUT2D eigenvalue weighted by molar-refractivity contribution is 0.349. The lowest BCUT2D eigenvalue weighted by Gasteiger charge is -2.25. The second-order valence-electron chi connectivity index (χ2n) is 3.36. The molecule has 0 spiro atoms. The van der Waals surface area contributed by atoms with Crippen molar-refractivity contribution < 1.29 is 0 Å². The first-order chi connectivity index (χ1) is 4.83. The monoisotopic (exact) mass is 159 g/mol. The smallest absolute Gasteiger partial charge is 0.00746 e. The van der Waals surface area contributed by atoms with Crippen LogP contribution in [0.5, 0.6) is 0 Å². The van der Waals surface area contributed by atoms with E-state index in [9.17, 15) is 0 Å². The molecule has 1 aliphatic rings. The predicted octanol–water partition coefficient (Wildman–Crippen LogP) is 1.77. The molecule has 0 bridgehead atoms. The molecule has 1 fully saturated rings. The van der Waals surface area contributed by atoms with Gasteiger partial charge in [0.05, 0.1) is 0 Å². The van der Waals surface area contributed by atoms with Crippen molar-refractivity contribution in [3.63, 3.8) is 0 Å². The minimum Gasteiger partial charge on any atom is -0.330 e. The molecule has 1 nitrogen and oxygen atoms in total. The molecule has 60 valence electrons. The van der Waals surface area contributed by atoms with Crippen LogP contribution >= 0.6 is 9.24 Å². The Morgan fingerprint density at radius 2 is 1.80 bits per heavy atom. The second kappa shape index (κ2) is 4.31. The molecule has 2 N–H and O–H groups in total. The maximum atomic E-state index is 5.49. The van der Waals surface area contributed by atoms with E-state index < -0.39 is 0 Å². The van der Waals surface area contributed by atoms with Gasteiger partial charge < -0.3 is 5.73 Å². The van der Waals surface area contributed by atoms with Gasteiger partial charge in [0.2, 0.25) is 0 Å². The molecule has 0 aliphatic heterocycles. The molecule has 0 amide bonds. The summed E-state index contributed by atoms with van der Waals surface area (Å²) in [5.74, 6) is 0.946. The van der Waals surface area contributed by atoms with Gasteiger partial charge in [-0.1, -0.05) is 0 Å². The van der Waals surface area contributed by atoms with Gasteiger partial charge in [-0.2, -0.15) is 0 Å².